The summed E-state index contributed by atoms with van der Waals surface area (Å²) in [6.45, 7) is 5.98. The molecule has 0 aromatic carbocycles. The van der Waals surface area contributed by atoms with Gasteiger partial charge in [0.25, 0.3) is 0 Å². The van der Waals surface area contributed by atoms with Gasteiger partial charge in [-0.3, -0.25) is 10.1 Å². The maximum atomic E-state index is 11.1. The molecule has 0 radical (unpaired) electrons. The van der Waals surface area contributed by atoms with Gasteiger partial charge in [-0.2, -0.15) is 0 Å². The Morgan fingerprint density at radius 1 is 1.42 bits per heavy atom. The van der Waals surface area contributed by atoms with Gasteiger partial charge in [0.15, 0.2) is 0 Å². The smallest absolute Gasteiger partial charge is 0.353 e. The van der Waals surface area contributed by atoms with Gasteiger partial charge in [-0.1, -0.05) is 13.8 Å². The number of nitrogens with two attached hydrogens (primary N) is 1. The van der Waals surface area contributed by atoms with Crippen LogP contribution in [-0.4, -0.2) is 28.0 Å². The normalized spacial score (nSPS) is 16.9. The van der Waals surface area contributed by atoms with Crippen molar-refractivity contribution in [2.75, 3.05) is 23.7 Å². The van der Waals surface area contributed by atoms with Crippen LogP contribution < -0.4 is 10.6 Å². The van der Waals surface area contributed by atoms with Gasteiger partial charge in [-0.05, 0) is 24.7 Å². The molecular formula is C12H19N5O2. The number of piperidine rings is 1. The summed E-state index contributed by atoms with van der Waals surface area (Å²) in [6.07, 6.45) is 3.34. The van der Waals surface area contributed by atoms with Crippen molar-refractivity contribution in [2.45, 2.75) is 26.7 Å². The molecule has 1 aromatic rings. The average molecular weight is 265 g/mol. The van der Waals surface area contributed by atoms with E-state index < -0.39 is 4.92 Å². The molecule has 0 atom stereocenters. The Morgan fingerprint density at radius 3 is 2.58 bits per heavy atom. The van der Waals surface area contributed by atoms with Crippen molar-refractivity contribution in [3.05, 3.63) is 16.4 Å². The van der Waals surface area contributed by atoms with Crippen LogP contribution >= 0.6 is 0 Å². The molecule has 0 unspecified atom stereocenters. The summed E-state index contributed by atoms with van der Waals surface area (Å²) in [5.41, 5.74) is 5.41. The number of anilines is 2. The lowest BCUT2D eigenvalue weighted by Crippen LogP contribution is -2.36. The maximum Gasteiger partial charge on any atom is 0.353 e. The number of hydrogen-bond acceptors (Lipinski definition) is 6. The zero-order valence-electron chi connectivity index (χ0n) is 11.2. The summed E-state index contributed by atoms with van der Waals surface area (Å²) >= 11 is 0. The second-order valence-electron chi connectivity index (χ2n) is 5.26. The van der Waals surface area contributed by atoms with Crippen LogP contribution in [0.1, 0.15) is 26.7 Å². The highest BCUT2D eigenvalue weighted by Gasteiger charge is 2.29. The molecule has 104 valence electrons. The number of aromatic nitrogens is 2. The third-order valence-corrected chi connectivity index (χ3v) is 3.80. The number of rotatable bonds is 3. The van der Waals surface area contributed by atoms with Crippen LogP contribution in [0.15, 0.2) is 6.33 Å². The summed E-state index contributed by atoms with van der Waals surface area (Å²) in [6, 6.07) is 0. The molecule has 1 fully saturated rings. The molecule has 0 spiro atoms. The molecule has 1 aliphatic heterocycles. The molecule has 19 heavy (non-hydrogen) atoms. The van der Waals surface area contributed by atoms with Gasteiger partial charge in [-0.25, -0.2) is 9.97 Å². The molecule has 0 saturated carbocycles. The molecule has 1 saturated heterocycles. The van der Waals surface area contributed by atoms with E-state index in [0.717, 1.165) is 25.9 Å². The zero-order valence-corrected chi connectivity index (χ0v) is 11.2. The van der Waals surface area contributed by atoms with Gasteiger partial charge in [0, 0.05) is 13.1 Å². The summed E-state index contributed by atoms with van der Waals surface area (Å²) < 4.78 is 0. The lowest BCUT2D eigenvalue weighted by atomic mass is 9.87. The predicted octanol–water partition coefficient (Wildman–Crippen LogP) is 1.84. The quantitative estimate of drug-likeness (QED) is 0.661. The molecule has 1 aliphatic rings. The van der Waals surface area contributed by atoms with Crippen molar-refractivity contribution >= 4 is 17.3 Å². The Hall–Kier alpha value is -1.92. The van der Waals surface area contributed by atoms with Gasteiger partial charge in [0.1, 0.15) is 6.33 Å². The van der Waals surface area contributed by atoms with E-state index in [-0.39, 0.29) is 11.5 Å². The first-order valence-corrected chi connectivity index (χ1v) is 6.50. The number of hydrogen-bond donors (Lipinski definition) is 1. The van der Waals surface area contributed by atoms with Gasteiger partial charge >= 0.3 is 5.69 Å². The molecule has 2 heterocycles. The standard InChI is InChI=1S/C12H19N5O2/c1-8(2)9-3-5-16(6-4-9)12-10(17(18)19)11(13)14-7-15-12/h7-9H,3-6H2,1-2H3,(H2,13,14,15). The highest BCUT2D eigenvalue weighted by molar-refractivity contribution is 5.68. The van der Waals surface area contributed by atoms with Crippen molar-refractivity contribution in [1.29, 1.82) is 0 Å². The second-order valence-corrected chi connectivity index (χ2v) is 5.26. The Labute approximate surface area is 112 Å². The second kappa shape index (κ2) is 5.38. The Balaban J connectivity index is 2.20. The van der Waals surface area contributed by atoms with E-state index in [2.05, 4.69) is 23.8 Å². The van der Waals surface area contributed by atoms with Crippen molar-refractivity contribution < 1.29 is 4.92 Å². The van der Waals surface area contributed by atoms with Crippen LogP contribution in [0.4, 0.5) is 17.3 Å². The third kappa shape index (κ3) is 2.74. The highest BCUT2D eigenvalue weighted by Crippen LogP contribution is 2.33. The van der Waals surface area contributed by atoms with Crippen molar-refractivity contribution in [3.8, 4) is 0 Å². The van der Waals surface area contributed by atoms with Gasteiger partial charge in [0.2, 0.25) is 11.6 Å². The van der Waals surface area contributed by atoms with Crippen LogP contribution in [0, 0.1) is 22.0 Å². The van der Waals surface area contributed by atoms with E-state index in [1.165, 1.54) is 6.33 Å². The molecular weight excluding hydrogens is 246 g/mol. The Morgan fingerprint density at radius 2 is 2.05 bits per heavy atom. The zero-order chi connectivity index (χ0) is 14.0. The van der Waals surface area contributed by atoms with Crippen LogP contribution in [-0.2, 0) is 0 Å². The van der Waals surface area contributed by atoms with E-state index >= 15 is 0 Å². The fraction of sp³-hybridized carbons (Fsp3) is 0.667. The SMILES string of the molecule is CC(C)C1CCN(c2ncnc(N)c2[N+](=O)[O-])CC1. The van der Waals surface area contributed by atoms with E-state index in [1.807, 2.05) is 4.90 Å². The predicted molar refractivity (Wildman–Crippen MR) is 72.9 cm³/mol. The topological polar surface area (TPSA) is 98.2 Å². The lowest BCUT2D eigenvalue weighted by Gasteiger charge is -2.34. The highest BCUT2D eigenvalue weighted by atomic mass is 16.6. The molecule has 2 rings (SSSR count). The number of nitro groups is 1. The largest absolute Gasteiger partial charge is 0.378 e. The minimum absolute atomic E-state index is 0.0685. The molecule has 2 N–H and O–H groups in total. The fourth-order valence-corrected chi connectivity index (χ4v) is 2.57. The molecule has 7 nitrogen and oxygen atoms in total. The van der Waals surface area contributed by atoms with E-state index in [4.69, 9.17) is 5.73 Å². The van der Waals surface area contributed by atoms with Crippen molar-refractivity contribution in [3.63, 3.8) is 0 Å². The Kier molecular flexibility index (Phi) is 3.82. The van der Waals surface area contributed by atoms with Crippen molar-refractivity contribution in [2.24, 2.45) is 11.8 Å². The van der Waals surface area contributed by atoms with E-state index in [0.29, 0.717) is 17.7 Å². The van der Waals surface area contributed by atoms with Crippen LogP contribution in [0.5, 0.6) is 0 Å². The summed E-state index contributed by atoms with van der Waals surface area (Å²) in [5, 5.41) is 11.1. The first kappa shape index (κ1) is 13.5. The van der Waals surface area contributed by atoms with Crippen molar-refractivity contribution in [1.82, 2.24) is 9.97 Å². The Bertz CT molecular complexity index is 469. The molecule has 0 bridgehead atoms. The maximum absolute atomic E-state index is 11.1. The molecule has 0 amide bonds. The molecule has 1 aromatic heterocycles. The van der Waals surface area contributed by atoms with Crippen LogP contribution in [0.3, 0.4) is 0 Å². The fourth-order valence-electron chi connectivity index (χ4n) is 2.57. The van der Waals surface area contributed by atoms with E-state index in [9.17, 15) is 10.1 Å². The summed E-state index contributed by atoms with van der Waals surface area (Å²) in [5.74, 6) is 1.60. The van der Waals surface area contributed by atoms with Crippen LogP contribution in [0.2, 0.25) is 0 Å². The van der Waals surface area contributed by atoms with Gasteiger partial charge in [-0.15, -0.1) is 0 Å². The molecule has 0 aliphatic carbocycles. The monoisotopic (exact) mass is 265 g/mol. The minimum atomic E-state index is -0.501. The number of nitrogens with zero attached hydrogens (tertiary/aromatic N) is 4. The van der Waals surface area contributed by atoms with E-state index in [1.54, 1.807) is 0 Å². The van der Waals surface area contributed by atoms with Crippen LogP contribution in [0.25, 0.3) is 0 Å². The summed E-state index contributed by atoms with van der Waals surface area (Å²) in [7, 11) is 0. The first-order chi connectivity index (χ1) is 9.00. The number of nitrogen functional groups attached to an aromatic ring is 1. The third-order valence-electron chi connectivity index (χ3n) is 3.80. The average Bonchev–Trinajstić information content (AvgIpc) is 2.38. The van der Waals surface area contributed by atoms with Gasteiger partial charge < -0.3 is 10.6 Å². The van der Waals surface area contributed by atoms with Gasteiger partial charge in [0.05, 0.1) is 4.92 Å². The summed E-state index contributed by atoms with van der Waals surface area (Å²) in [4.78, 5) is 20.3. The lowest BCUT2D eigenvalue weighted by molar-refractivity contribution is -0.383. The minimum Gasteiger partial charge on any atom is -0.378 e. The molecule has 7 heteroatoms. The first-order valence-electron chi connectivity index (χ1n) is 6.50.